The minimum absolute atomic E-state index is 0. The summed E-state index contributed by atoms with van der Waals surface area (Å²) in [7, 11) is 0. The number of fused-ring (bicyclic) bond motifs is 1. The molecule has 0 fully saturated rings. The molecule has 8 heteroatoms. The maximum absolute atomic E-state index is 11.7. The molecule has 1 aromatic rings. The summed E-state index contributed by atoms with van der Waals surface area (Å²) in [5.41, 5.74) is 6.72. The van der Waals surface area contributed by atoms with Gasteiger partial charge in [0.05, 0.1) is 24.6 Å². The lowest BCUT2D eigenvalue weighted by Crippen LogP contribution is -2.20. The predicted molar refractivity (Wildman–Crippen MR) is 80.2 cm³/mol. The predicted octanol–water partition coefficient (Wildman–Crippen LogP) is 1.41. The molecular formula is C13H19ClN2O5. The summed E-state index contributed by atoms with van der Waals surface area (Å²) in [4.78, 5) is 11.7. The fourth-order valence-corrected chi connectivity index (χ4v) is 1.68. The molecule has 1 aliphatic heterocycles. The molecule has 0 atom stereocenters. The first-order valence-corrected chi connectivity index (χ1v) is 6.35. The lowest BCUT2D eigenvalue weighted by atomic mass is 10.2. The number of rotatable bonds is 7. The van der Waals surface area contributed by atoms with Gasteiger partial charge in [0.2, 0.25) is 12.7 Å². The number of nitrogens with two attached hydrogens (primary N) is 1. The molecule has 0 bridgehead atoms. The van der Waals surface area contributed by atoms with Crippen LogP contribution in [0.1, 0.15) is 6.92 Å². The van der Waals surface area contributed by atoms with Gasteiger partial charge in [-0.25, -0.2) is 0 Å². The van der Waals surface area contributed by atoms with E-state index in [4.69, 9.17) is 24.7 Å². The maximum atomic E-state index is 11.7. The van der Waals surface area contributed by atoms with Crippen molar-refractivity contribution in [1.82, 2.24) is 0 Å². The van der Waals surface area contributed by atoms with Gasteiger partial charge in [-0.05, 0) is 6.92 Å². The summed E-state index contributed by atoms with van der Waals surface area (Å²) >= 11 is 0. The smallest absolute Gasteiger partial charge is 0.250 e. The second-order valence-corrected chi connectivity index (χ2v) is 4.09. The van der Waals surface area contributed by atoms with Crippen molar-refractivity contribution in [3.63, 3.8) is 0 Å². The Balaban J connectivity index is 0.00000220. The molecule has 118 valence electrons. The van der Waals surface area contributed by atoms with Crippen LogP contribution < -0.4 is 20.5 Å². The van der Waals surface area contributed by atoms with Gasteiger partial charge in [0.25, 0.3) is 0 Å². The lowest BCUT2D eigenvalue weighted by Gasteiger charge is -2.09. The van der Waals surface area contributed by atoms with Crippen LogP contribution in [0.15, 0.2) is 12.1 Å². The number of carbonyl (C=O) groups excluding carboxylic acids is 1. The highest BCUT2D eigenvalue weighted by molar-refractivity contribution is 5.95. The molecule has 1 aromatic carbocycles. The van der Waals surface area contributed by atoms with E-state index in [9.17, 15) is 4.79 Å². The Morgan fingerprint density at radius 3 is 2.67 bits per heavy atom. The first-order valence-electron chi connectivity index (χ1n) is 6.35. The van der Waals surface area contributed by atoms with Crippen molar-refractivity contribution in [2.24, 2.45) is 0 Å². The summed E-state index contributed by atoms with van der Waals surface area (Å²) in [6, 6.07) is 3.25. The van der Waals surface area contributed by atoms with E-state index in [2.05, 4.69) is 5.32 Å². The lowest BCUT2D eigenvalue weighted by molar-refractivity contribution is -0.121. The average molecular weight is 319 g/mol. The van der Waals surface area contributed by atoms with Crippen LogP contribution in [0.2, 0.25) is 0 Å². The molecule has 0 radical (unpaired) electrons. The number of nitrogen functional groups attached to an aromatic ring is 1. The average Bonchev–Trinajstić information content (AvgIpc) is 2.86. The highest BCUT2D eigenvalue weighted by Gasteiger charge is 2.17. The summed E-state index contributed by atoms with van der Waals surface area (Å²) in [6.45, 7) is 3.47. The third-order valence-electron chi connectivity index (χ3n) is 2.63. The number of hydrogen-bond acceptors (Lipinski definition) is 6. The number of ether oxygens (including phenoxy) is 4. The van der Waals surface area contributed by atoms with Crippen molar-refractivity contribution in [2.75, 3.05) is 44.3 Å². The summed E-state index contributed by atoms with van der Waals surface area (Å²) in [5, 5.41) is 2.67. The van der Waals surface area contributed by atoms with E-state index in [1.165, 1.54) is 0 Å². The number of carbonyl (C=O) groups is 1. The van der Waals surface area contributed by atoms with Gasteiger partial charge in [-0.1, -0.05) is 0 Å². The molecule has 0 aliphatic carbocycles. The van der Waals surface area contributed by atoms with Crippen LogP contribution in [0.3, 0.4) is 0 Å². The van der Waals surface area contributed by atoms with E-state index >= 15 is 0 Å². The van der Waals surface area contributed by atoms with Gasteiger partial charge >= 0.3 is 0 Å². The molecule has 0 aromatic heterocycles. The third-order valence-corrected chi connectivity index (χ3v) is 2.63. The zero-order chi connectivity index (χ0) is 14.4. The van der Waals surface area contributed by atoms with Crippen LogP contribution in [0.5, 0.6) is 11.5 Å². The van der Waals surface area contributed by atoms with Gasteiger partial charge in [-0.2, -0.15) is 0 Å². The maximum Gasteiger partial charge on any atom is 0.250 e. The topological polar surface area (TPSA) is 92.0 Å². The fraction of sp³-hybridized carbons (Fsp3) is 0.462. The van der Waals surface area contributed by atoms with E-state index in [1.54, 1.807) is 12.1 Å². The zero-order valence-corrected chi connectivity index (χ0v) is 12.5. The third kappa shape index (κ3) is 4.96. The molecule has 0 unspecified atom stereocenters. The Morgan fingerprint density at radius 1 is 1.29 bits per heavy atom. The van der Waals surface area contributed by atoms with E-state index in [-0.39, 0.29) is 31.7 Å². The Labute approximate surface area is 129 Å². The second-order valence-electron chi connectivity index (χ2n) is 4.09. The van der Waals surface area contributed by atoms with E-state index < -0.39 is 0 Å². The van der Waals surface area contributed by atoms with Crippen LogP contribution in [0.4, 0.5) is 11.4 Å². The summed E-state index contributed by atoms with van der Waals surface area (Å²) in [5.74, 6) is 0.854. The Bertz CT molecular complexity index is 484. The molecule has 0 spiro atoms. The van der Waals surface area contributed by atoms with Gasteiger partial charge < -0.3 is 30.0 Å². The van der Waals surface area contributed by atoms with Crippen molar-refractivity contribution in [3.8, 4) is 11.5 Å². The quantitative estimate of drug-likeness (QED) is 0.583. The first-order chi connectivity index (χ1) is 9.70. The van der Waals surface area contributed by atoms with Gasteiger partial charge in [0.1, 0.15) is 6.61 Å². The van der Waals surface area contributed by atoms with Crippen LogP contribution in [0.25, 0.3) is 0 Å². The molecule has 7 nitrogen and oxygen atoms in total. The molecule has 1 heterocycles. The number of halogens is 1. The number of anilines is 2. The van der Waals surface area contributed by atoms with Crippen LogP contribution in [-0.2, 0) is 14.3 Å². The van der Waals surface area contributed by atoms with Crippen molar-refractivity contribution >= 4 is 29.7 Å². The van der Waals surface area contributed by atoms with Crippen molar-refractivity contribution < 1.29 is 23.7 Å². The number of hydrogen-bond donors (Lipinski definition) is 2. The Morgan fingerprint density at radius 2 is 1.95 bits per heavy atom. The van der Waals surface area contributed by atoms with Crippen molar-refractivity contribution in [3.05, 3.63) is 12.1 Å². The van der Waals surface area contributed by atoms with Gasteiger partial charge in [-0.15, -0.1) is 12.4 Å². The minimum atomic E-state index is -0.285. The van der Waals surface area contributed by atoms with Crippen LogP contribution in [-0.4, -0.2) is 39.1 Å². The zero-order valence-electron chi connectivity index (χ0n) is 11.7. The Hall–Kier alpha value is -1.70. The van der Waals surface area contributed by atoms with Crippen LogP contribution in [0, 0.1) is 0 Å². The largest absolute Gasteiger partial charge is 0.454 e. The number of amides is 1. The van der Waals surface area contributed by atoms with E-state index in [1.807, 2.05) is 6.92 Å². The SMILES string of the molecule is CCOCCOCC(=O)Nc1cc2c(cc1N)OCO2.Cl. The standard InChI is InChI=1S/C13H18N2O5.ClH/c1-2-17-3-4-18-7-13(16)15-10-6-12-11(5-9(10)14)19-8-20-12;/h5-6H,2-4,7-8,14H2,1H3,(H,15,16);1H. The second kappa shape index (κ2) is 8.56. The first kappa shape index (κ1) is 17.4. The molecule has 0 saturated heterocycles. The number of nitrogens with one attached hydrogen (secondary N) is 1. The molecule has 1 aliphatic rings. The fourth-order valence-electron chi connectivity index (χ4n) is 1.68. The van der Waals surface area contributed by atoms with E-state index in [0.717, 1.165) is 0 Å². The van der Waals surface area contributed by atoms with E-state index in [0.29, 0.717) is 42.7 Å². The monoisotopic (exact) mass is 318 g/mol. The van der Waals surface area contributed by atoms with Crippen molar-refractivity contribution in [1.29, 1.82) is 0 Å². The minimum Gasteiger partial charge on any atom is -0.454 e. The Kier molecular flexibility index (Phi) is 7.07. The molecule has 3 N–H and O–H groups in total. The molecule has 2 rings (SSSR count). The highest BCUT2D eigenvalue weighted by atomic mass is 35.5. The van der Waals surface area contributed by atoms with Crippen LogP contribution >= 0.6 is 12.4 Å². The molecular weight excluding hydrogens is 300 g/mol. The van der Waals surface area contributed by atoms with Gasteiger partial charge in [-0.3, -0.25) is 4.79 Å². The summed E-state index contributed by atoms with van der Waals surface area (Å²) < 4.78 is 20.7. The van der Waals surface area contributed by atoms with Gasteiger partial charge in [0, 0.05) is 18.7 Å². The molecule has 21 heavy (non-hydrogen) atoms. The molecule has 0 saturated carbocycles. The number of benzene rings is 1. The highest BCUT2D eigenvalue weighted by Crippen LogP contribution is 2.38. The normalized spacial score (nSPS) is 11.9. The summed E-state index contributed by atoms with van der Waals surface area (Å²) in [6.07, 6.45) is 0. The van der Waals surface area contributed by atoms with Crippen molar-refractivity contribution in [2.45, 2.75) is 6.92 Å². The molecule has 1 amide bonds. The van der Waals surface area contributed by atoms with Gasteiger partial charge in [0.15, 0.2) is 11.5 Å².